The van der Waals surface area contributed by atoms with Crippen LogP contribution < -0.4 is 25.9 Å². The molecule has 7 aromatic heterocycles. The van der Waals surface area contributed by atoms with E-state index in [2.05, 4.69) is 312 Å². The molecule has 22 rings (SSSR count). The lowest BCUT2D eigenvalue weighted by atomic mass is 9.34. The molecule has 20 aromatic rings. The Morgan fingerprint density at radius 1 is 0.284 bits per heavy atom. The maximum absolute atomic E-state index is 7.66. The largest absolute Gasteiger partial charge is 0.458 e. The van der Waals surface area contributed by atoms with Gasteiger partial charge in [0.1, 0.15) is 28.5 Å². The molecule has 0 bridgehead atoms. The van der Waals surface area contributed by atoms with E-state index in [4.69, 9.17) is 29.4 Å². The Morgan fingerprint density at radius 2 is 0.737 bits per heavy atom. The summed E-state index contributed by atoms with van der Waals surface area (Å²) in [6, 6.07) is 101. The van der Waals surface area contributed by atoms with Gasteiger partial charge in [0.05, 0.1) is 72.1 Å². The Labute approximate surface area is 540 Å². The van der Waals surface area contributed by atoms with Crippen molar-refractivity contribution in [2.45, 2.75) is 0 Å². The zero-order chi connectivity index (χ0) is 61.7. The first-order chi connectivity index (χ1) is 47.1. The highest BCUT2D eigenvalue weighted by molar-refractivity contribution is 6.98. The number of ether oxygens (including phenoxy) is 2. The van der Waals surface area contributed by atoms with E-state index in [1.165, 1.54) is 0 Å². The first-order valence-electron chi connectivity index (χ1n) is 32.1. The molecule has 0 aliphatic carbocycles. The highest BCUT2D eigenvalue weighted by Crippen LogP contribution is 2.46. The van der Waals surface area contributed by atoms with Gasteiger partial charge in [0.25, 0.3) is 6.71 Å². The molecule has 13 aromatic carbocycles. The number of hydrogen-bond acceptors (Lipinski definition) is 6. The fraction of sp³-hybridized carbons (Fsp3) is 0. The van der Waals surface area contributed by atoms with Crippen LogP contribution in [0.5, 0.6) is 23.0 Å². The summed E-state index contributed by atoms with van der Waals surface area (Å²) in [5.41, 5.74) is 18.6. The normalized spacial score (nSPS) is 12.8. The van der Waals surface area contributed by atoms with Crippen LogP contribution >= 0.6 is 0 Å². The minimum absolute atomic E-state index is 0.339. The summed E-state index contributed by atoms with van der Waals surface area (Å²) in [5.74, 6) is 5.19. The third kappa shape index (κ3) is 6.88. The van der Waals surface area contributed by atoms with Gasteiger partial charge in [-0.2, -0.15) is 15.0 Å². The second kappa shape index (κ2) is 18.8. The number of benzene rings is 13. The molecule has 440 valence electrons. The second-order valence-electron chi connectivity index (χ2n) is 24.9. The van der Waals surface area contributed by atoms with E-state index in [0.717, 1.165) is 160 Å². The monoisotopic (exact) mass is 1210 g/mol. The van der Waals surface area contributed by atoms with Gasteiger partial charge in [-0.1, -0.05) is 182 Å². The van der Waals surface area contributed by atoms with E-state index >= 15 is 0 Å². The van der Waals surface area contributed by atoms with Gasteiger partial charge in [0, 0.05) is 78.0 Å². The van der Waals surface area contributed by atoms with Crippen LogP contribution in [0, 0.1) is 0 Å². The summed E-state index contributed by atoms with van der Waals surface area (Å²) >= 11 is 0. The van der Waals surface area contributed by atoms with Crippen molar-refractivity contribution in [3.8, 4) is 63.3 Å². The van der Waals surface area contributed by atoms with Crippen LogP contribution in [0.15, 0.2) is 285 Å². The minimum Gasteiger partial charge on any atom is -0.458 e. The van der Waals surface area contributed by atoms with Crippen LogP contribution in [0.3, 0.4) is 0 Å². The smallest absolute Gasteiger partial charge is 0.260 e. The van der Waals surface area contributed by atoms with E-state index in [-0.39, 0.29) is 6.71 Å². The van der Waals surface area contributed by atoms with Crippen LogP contribution in [0.1, 0.15) is 0 Å². The molecule has 95 heavy (non-hydrogen) atoms. The molecule has 12 nitrogen and oxygen atoms in total. The van der Waals surface area contributed by atoms with Gasteiger partial charge in [0.2, 0.25) is 17.7 Å². The Bertz CT molecular complexity index is 6470. The van der Waals surface area contributed by atoms with Crippen molar-refractivity contribution in [2.75, 3.05) is 0 Å². The number of nitrogens with zero attached hydrogens (tertiary/aromatic N) is 10. The van der Waals surface area contributed by atoms with E-state index in [1.54, 1.807) is 0 Å². The van der Waals surface area contributed by atoms with Crippen LogP contribution in [-0.4, -0.2) is 53.9 Å². The quantitative estimate of drug-likeness (QED) is 0.154. The molecule has 0 unspecified atom stereocenters. The summed E-state index contributed by atoms with van der Waals surface area (Å²) in [7, 11) is 0. The fourth-order valence-corrected chi connectivity index (χ4v) is 16.1. The number of hydrogen-bond donors (Lipinski definition) is 0. The van der Waals surface area contributed by atoms with Crippen LogP contribution in [0.4, 0.5) is 0 Å². The van der Waals surface area contributed by atoms with Gasteiger partial charge in [-0.25, -0.2) is 4.98 Å². The molecule has 13 heteroatoms. The molecule has 0 saturated heterocycles. The topological polar surface area (TPSA) is 99.1 Å². The SMILES string of the molecule is c1ccc(-n2c3ccccc3n3c4ccc5c6ccccc6n(-c6cc7c8c(c6)Oc6cc(-n9c%10ccccc%10c%10ccccc%109)c(-c9nc(-n%10c%11ccccc%11c%11ccccc%11%10)nc(-n%10c%11ccccc%11c%11ccccc%11%10)n9)cc6B8c6ccccc6O7)c5c4nc23)cc1. The molecule has 0 spiro atoms. The minimum atomic E-state index is -0.339. The van der Waals surface area contributed by atoms with Gasteiger partial charge in [-0.3, -0.25) is 18.1 Å². The molecule has 0 radical (unpaired) electrons. The van der Waals surface area contributed by atoms with E-state index in [1.807, 2.05) is 0 Å². The summed E-state index contributed by atoms with van der Waals surface area (Å²) in [6.07, 6.45) is 0. The van der Waals surface area contributed by atoms with Crippen molar-refractivity contribution in [1.82, 2.24) is 47.2 Å². The molecule has 2 aliphatic heterocycles. The average Bonchev–Trinajstić information content (AvgIpc) is 1.70. The highest BCUT2D eigenvalue weighted by atomic mass is 16.5. The molecular weight excluding hydrogens is 1170 g/mol. The number of para-hydroxylation sites is 11. The molecule has 0 N–H and O–H groups in total. The Kier molecular flexibility index (Phi) is 10.0. The second-order valence-corrected chi connectivity index (χ2v) is 24.9. The lowest BCUT2D eigenvalue weighted by Gasteiger charge is -2.34. The maximum atomic E-state index is 7.66. The summed E-state index contributed by atoms with van der Waals surface area (Å²) < 4.78 is 28.6. The van der Waals surface area contributed by atoms with Crippen LogP contribution in [0.2, 0.25) is 0 Å². The van der Waals surface area contributed by atoms with Crippen molar-refractivity contribution in [3.63, 3.8) is 0 Å². The van der Waals surface area contributed by atoms with Crippen molar-refractivity contribution in [3.05, 3.63) is 285 Å². The Balaban J connectivity index is 0.826. The average molecular weight is 1220 g/mol. The van der Waals surface area contributed by atoms with Gasteiger partial charge in [-0.05, 0) is 95.9 Å². The zero-order valence-corrected chi connectivity index (χ0v) is 50.5. The lowest BCUT2D eigenvalue weighted by molar-refractivity contribution is 0.464. The third-order valence-corrected chi connectivity index (χ3v) is 20.0. The fourth-order valence-electron chi connectivity index (χ4n) is 16.1. The van der Waals surface area contributed by atoms with Crippen molar-refractivity contribution >= 4 is 138 Å². The Morgan fingerprint density at radius 3 is 1.29 bits per heavy atom. The van der Waals surface area contributed by atoms with Crippen molar-refractivity contribution in [1.29, 1.82) is 0 Å². The van der Waals surface area contributed by atoms with Gasteiger partial charge < -0.3 is 18.6 Å². The van der Waals surface area contributed by atoms with E-state index in [9.17, 15) is 0 Å². The molecule has 9 heterocycles. The number of fused-ring (bicyclic) bond motifs is 22. The Hall–Kier alpha value is -13.0. The van der Waals surface area contributed by atoms with E-state index < -0.39 is 0 Å². The van der Waals surface area contributed by atoms with Gasteiger partial charge in [0.15, 0.2) is 5.82 Å². The predicted molar refractivity (Wildman–Crippen MR) is 383 cm³/mol. The maximum Gasteiger partial charge on any atom is 0.260 e. The number of aromatic nitrogens is 10. The summed E-state index contributed by atoms with van der Waals surface area (Å²) in [5, 5.41) is 8.88. The molecule has 0 fully saturated rings. The van der Waals surface area contributed by atoms with Crippen molar-refractivity contribution in [2.24, 2.45) is 0 Å². The standard InChI is InChI=1S/C82H47BN10O2/c1-2-22-48(23-3-1)89-68-39-19-20-40-69(68)93-70-43-42-57-56-30-10-12-32-61(56)88(78(57)77(70)84-82(89)93)49-44-74-76-75(45-49)95-73-47-71(90-62-33-13-4-24-50(62)51-25-5-14-34-63(51)90)58(46-60(73)83(76)59-31-11-21-41-72(59)94-74)79-85-80(91-64-35-15-6-26-52(64)53-27-7-16-36-65(53)91)87-81(86-79)92-66-37-17-8-28-54(66)55-29-9-18-38-67(55)92/h1-47H. The molecule has 0 saturated carbocycles. The molecule has 0 amide bonds. The molecular formula is C82H47BN10O2. The molecule has 2 aliphatic rings. The third-order valence-electron chi connectivity index (χ3n) is 20.0. The first kappa shape index (κ1) is 50.7. The van der Waals surface area contributed by atoms with Crippen molar-refractivity contribution < 1.29 is 9.47 Å². The van der Waals surface area contributed by atoms with Gasteiger partial charge >= 0.3 is 0 Å². The van der Waals surface area contributed by atoms with Crippen LogP contribution in [0.25, 0.3) is 155 Å². The lowest BCUT2D eigenvalue weighted by Crippen LogP contribution is -2.57. The first-order valence-corrected chi connectivity index (χ1v) is 32.1. The predicted octanol–water partition coefficient (Wildman–Crippen LogP) is 17.4. The van der Waals surface area contributed by atoms with Crippen LogP contribution in [-0.2, 0) is 0 Å². The summed E-state index contributed by atoms with van der Waals surface area (Å²) in [4.78, 5) is 22.8. The van der Waals surface area contributed by atoms with Gasteiger partial charge in [-0.15, -0.1) is 0 Å². The summed E-state index contributed by atoms with van der Waals surface area (Å²) in [6.45, 7) is -0.339. The molecule has 0 atom stereocenters. The zero-order valence-electron chi connectivity index (χ0n) is 50.5. The number of rotatable bonds is 6. The highest BCUT2D eigenvalue weighted by Gasteiger charge is 2.42. The van der Waals surface area contributed by atoms with E-state index in [0.29, 0.717) is 35.0 Å². The number of imidazole rings is 2.